The number of nitrogens with one attached hydrogen (secondary N) is 1. The highest BCUT2D eigenvalue weighted by molar-refractivity contribution is 7.94. The average Bonchev–Trinajstić information content (AvgIpc) is 3.22. The van der Waals surface area contributed by atoms with E-state index in [4.69, 9.17) is 11.6 Å². The highest BCUT2D eigenvalue weighted by atomic mass is 35.5. The van der Waals surface area contributed by atoms with Crippen LogP contribution in [0.2, 0.25) is 5.02 Å². The number of carbonyl (C=O) groups is 2. The average molecular weight is 400 g/mol. The number of likely N-dealkylation sites (tertiary alicyclic amines) is 1. The van der Waals surface area contributed by atoms with Crippen molar-refractivity contribution < 1.29 is 18.0 Å². The van der Waals surface area contributed by atoms with E-state index in [1.165, 1.54) is 31.0 Å². The van der Waals surface area contributed by atoms with Crippen molar-refractivity contribution >= 4 is 39.1 Å². The number of amides is 2. The molecule has 0 aliphatic carbocycles. The number of nitrogens with zero attached hydrogens (tertiary/aromatic N) is 2. The summed E-state index contributed by atoms with van der Waals surface area (Å²) in [6.45, 7) is 4.64. The van der Waals surface area contributed by atoms with Gasteiger partial charge in [0.15, 0.2) is 0 Å². The lowest BCUT2D eigenvalue weighted by molar-refractivity contribution is -0.116. The topological polar surface area (TPSA) is 86.8 Å². The Morgan fingerprint density at radius 1 is 1.31 bits per heavy atom. The summed E-state index contributed by atoms with van der Waals surface area (Å²) in [5, 5.41) is 2.98. The molecule has 2 heterocycles. The van der Waals surface area contributed by atoms with Crippen molar-refractivity contribution in [1.82, 2.24) is 10.2 Å². The van der Waals surface area contributed by atoms with Crippen molar-refractivity contribution in [3.05, 3.63) is 28.8 Å². The van der Waals surface area contributed by atoms with Crippen molar-refractivity contribution in [3.8, 4) is 0 Å². The second-order valence-corrected chi connectivity index (χ2v) is 9.04. The Morgan fingerprint density at radius 2 is 2.00 bits per heavy atom. The third-order valence-corrected chi connectivity index (χ3v) is 6.82. The van der Waals surface area contributed by atoms with Crippen LogP contribution in [0.5, 0.6) is 0 Å². The Kier molecular flexibility index (Phi) is 5.55. The van der Waals surface area contributed by atoms with Crippen LogP contribution in [0.1, 0.15) is 36.5 Å². The van der Waals surface area contributed by atoms with Gasteiger partial charge in [-0.1, -0.05) is 11.6 Å². The molecule has 1 N–H and O–H groups in total. The molecular weight excluding hydrogens is 378 g/mol. The van der Waals surface area contributed by atoms with Crippen LogP contribution >= 0.6 is 11.6 Å². The van der Waals surface area contributed by atoms with Crippen LogP contribution in [0.25, 0.3) is 0 Å². The molecular formula is C17H22ClN3O4S. The normalized spacial score (nSPS) is 21.2. The van der Waals surface area contributed by atoms with Gasteiger partial charge >= 0.3 is 0 Å². The minimum Gasteiger partial charge on any atom is -0.350 e. The zero-order chi connectivity index (χ0) is 18.9. The molecule has 0 spiro atoms. The fraction of sp³-hybridized carbons (Fsp3) is 0.529. The van der Waals surface area contributed by atoms with Crippen LogP contribution in [0.4, 0.5) is 5.69 Å². The maximum atomic E-state index is 12.5. The molecule has 2 fully saturated rings. The van der Waals surface area contributed by atoms with Gasteiger partial charge in [-0.05, 0) is 51.1 Å². The number of benzene rings is 1. The highest BCUT2D eigenvalue weighted by Crippen LogP contribution is 2.32. The number of hydrogen-bond donors (Lipinski definition) is 1. The van der Waals surface area contributed by atoms with Gasteiger partial charge in [0.1, 0.15) is 0 Å². The van der Waals surface area contributed by atoms with Gasteiger partial charge < -0.3 is 5.32 Å². The molecule has 1 aromatic rings. The van der Waals surface area contributed by atoms with Crippen LogP contribution < -0.4 is 9.62 Å². The molecule has 0 saturated carbocycles. The van der Waals surface area contributed by atoms with E-state index in [0.29, 0.717) is 10.8 Å². The number of halogens is 1. The summed E-state index contributed by atoms with van der Waals surface area (Å²) in [7, 11) is -3.73. The number of sulfonamides is 1. The van der Waals surface area contributed by atoms with Crippen molar-refractivity contribution in [2.24, 2.45) is 0 Å². The van der Waals surface area contributed by atoms with Crippen LogP contribution in [-0.2, 0) is 14.8 Å². The van der Waals surface area contributed by atoms with Gasteiger partial charge in [0.05, 0.1) is 16.5 Å². The molecule has 7 nitrogen and oxygen atoms in total. The van der Waals surface area contributed by atoms with Gasteiger partial charge in [0.25, 0.3) is 5.91 Å². The van der Waals surface area contributed by atoms with Gasteiger partial charge in [0, 0.05) is 24.6 Å². The maximum Gasteiger partial charge on any atom is 0.251 e. The lowest BCUT2D eigenvalue weighted by Crippen LogP contribution is -2.40. The maximum absolute atomic E-state index is 12.5. The number of rotatable bonds is 5. The minimum atomic E-state index is -3.73. The molecule has 3 rings (SSSR count). The Morgan fingerprint density at radius 3 is 2.62 bits per heavy atom. The summed E-state index contributed by atoms with van der Waals surface area (Å²) in [4.78, 5) is 26.7. The van der Waals surface area contributed by atoms with Crippen molar-refractivity contribution in [1.29, 1.82) is 0 Å². The first-order valence-electron chi connectivity index (χ1n) is 8.67. The molecule has 1 unspecified atom stereocenters. The molecule has 1 atom stereocenters. The van der Waals surface area contributed by atoms with E-state index in [2.05, 4.69) is 17.1 Å². The summed E-state index contributed by atoms with van der Waals surface area (Å²) in [5.74, 6) is -1.10. The lowest BCUT2D eigenvalue weighted by atomic mass is 10.1. The quantitative estimate of drug-likeness (QED) is 0.813. The molecule has 0 aromatic heterocycles. The Balaban J connectivity index is 1.74. The van der Waals surface area contributed by atoms with Crippen LogP contribution in [-0.4, -0.2) is 56.6 Å². The van der Waals surface area contributed by atoms with Gasteiger partial charge in [-0.25, -0.2) is 12.7 Å². The van der Waals surface area contributed by atoms with E-state index in [1.54, 1.807) is 0 Å². The van der Waals surface area contributed by atoms with Gasteiger partial charge in [-0.15, -0.1) is 0 Å². The van der Waals surface area contributed by atoms with Crippen molar-refractivity contribution in [2.45, 2.75) is 32.2 Å². The number of carbonyl (C=O) groups excluding carboxylic acids is 2. The van der Waals surface area contributed by atoms with Crippen molar-refractivity contribution in [3.63, 3.8) is 0 Å². The second kappa shape index (κ2) is 7.54. The molecule has 2 aliphatic heterocycles. The molecule has 142 valence electrons. The monoisotopic (exact) mass is 399 g/mol. The van der Waals surface area contributed by atoms with Crippen molar-refractivity contribution in [2.75, 3.05) is 29.7 Å². The van der Waals surface area contributed by atoms with Gasteiger partial charge in [0.2, 0.25) is 15.9 Å². The summed E-state index contributed by atoms with van der Waals surface area (Å²) in [6.07, 6.45) is 2.27. The molecule has 0 radical (unpaired) electrons. The summed E-state index contributed by atoms with van der Waals surface area (Å²) in [6, 6.07) is 4.55. The first kappa shape index (κ1) is 19.1. The molecule has 2 amide bonds. The van der Waals surface area contributed by atoms with Gasteiger partial charge in [-0.3, -0.25) is 14.5 Å². The van der Waals surface area contributed by atoms with Crippen LogP contribution in [0.15, 0.2) is 18.2 Å². The molecule has 2 saturated heterocycles. The zero-order valence-corrected chi connectivity index (χ0v) is 16.1. The van der Waals surface area contributed by atoms with Crippen LogP contribution in [0, 0.1) is 0 Å². The third kappa shape index (κ3) is 3.87. The van der Waals surface area contributed by atoms with E-state index in [9.17, 15) is 18.0 Å². The summed E-state index contributed by atoms with van der Waals surface area (Å²) < 4.78 is 24.9. The predicted molar refractivity (Wildman–Crippen MR) is 99.9 cm³/mol. The second-order valence-electron chi connectivity index (χ2n) is 6.69. The molecule has 9 heteroatoms. The molecule has 2 aliphatic rings. The van der Waals surface area contributed by atoms with E-state index in [-0.39, 0.29) is 40.4 Å². The molecule has 0 bridgehead atoms. The third-order valence-electron chi connectivity index (χ3n) is 4.83. The van der Waals surface area contributed by atoms with E-state index in [0.717, 1.165) is 13.1 Å². The number of hydrogen-bond acceptors (Lipinski definition) is 5. The standard InChI is InChI=1S/C17H22ClN3O4S/c1-12(20-7-2-3-8-20)11-19-17(23)13-4-5-14(18)15(10-13)21-16(22)6-9-26(21,24)25/h4-5,10,12H,2-3,6-9,11H2,1H3,(H,19,23). The molecule has 1 aromatic carbocycles. The minimum absolute atomic E-state index is 0.0365. The Bertz CT molecular complexity index is 821. The smallest absolute Gasteiger partial charge is 0.251 e. The van der Waals surface area contributed by atoms with Gasteiger partial charge in [-0.2, -0.15) is 0 Å². The fourth-order valence-corrected chi connectivity index (χ4v) is 5.03. The first-order valence-corrected chi connectivity index (χ1v) is 10.7. The predicted octanol–water partition coefficient (Wildman–Crippen LogP) is 1.62. The van der Waals surface area contributed by atoms with Crippen LogP contribution in [0.3, 0.4) is 0 Å². The lowest BCUT2D eigenvalue weighted by Gasteiger charge is -2.24. The zero-order valence-electron chi connectivity index (χ0n) is 14.6. The SMILES string of the molecule is CC(CNC(=O)c1ccc(Cl)c(N2C(=O)CCS2(=O)=O)c1)N1CCCC1. The Hall–Kier alpha value is -1.64. The fourth-order valence-electron chi connectivity index (χ4n) is 3.31. The van der Waals surface area contributed by atoms with E-state index in [1.807, 2.05) is 0 Å². The summed E-state index contributed by atoms with van der Waals surface area (Å²) >= 11 is 6.09. The largest absolute Gasteiger partial charge is 0.350 e. The summed E-state index contributed by atoms with van der Waals surface area (Å²) in [5.41, 5.74) is 0.308. The first-order chi connectivity index (χ1) is 12.3. The number of anilines is 1. The molecule has 26 heavy (non-hydrogen) atoms. The Labute approximate surface area is 158 Å². The highest BCUT2D eigenvalue weighted by Gasteiger charge is 2.37. The van der Waals surface area contributed by atoms with E-state index >= 15 is 0 Å². The van der Waals surface area contributed by atoms with E-state index < -0.39 is 15.9 Å².